The lowest BCUT2D eigenvalue weighted by atomic mass is 10.2. The van der Waals surface area contributed by atoms with Gasteiger partial charge in [-0.1, -0.05) is 41.9 Å². The number of amides is 1. The monoisotopic (exact) mass is 377 g/mol. The predicted molar refractivity (Wildman–Crippen MR) is 107 cm³/mol. The molecule has 0 bridgehead atoms. The summed E-state index contributed by atoms with van der Waals surface area (Å²) < 4.78 is 1.82. The summed E-state index contributed by atoms with van der Waals surface area (Å²) >= 11 is 6.34. The molecular formula is C20H16ClN5O. The number of para-hydroxylation sites is 1. The molecular weight excluding hydrogens is 362 g/mol. The number of aryl methyl sites for hydroxylation is 1. The zero-order valence-electron chi connectivity index (χ0n) is 14.5. The molecule has 3 N–H and O–H groups in total. The van der Waals surface area contributed by atoms with Gasteiger partial charge in [-0.15, -0.1) is 0 Å². The highest BCUT2D eigenvalue weighted by molar-refractivity contribution is 6.34. The largest absolute Gasteiger partial charge is 0.366 e. The van der Waals surface area contributed by atoms with Crippen LogP contribution >= 0.6 is 11.6 Å². The van der Waals surface area contributed by atoms with Crippen molar-refractivity contribution in [3.63, 3.8) is 0 Å². The van der Waals surface area contributed by atoms with Gasteiger partial charge in [-0.2, -0.15) is 4.98 Å². The number of carbonyl (C=O) groups excluding carboxylic acids is 1. The summed E-state index contributed by atoms with van der Waals surface area (Å²) in [4.78, 5) is 20.6. The number of nitrogens with zero attached hydrogens (tertiary/aromatic N) is 3. The highest BCUT2D eigenvalue weighted by Crippen LogP contribution is 2.28. The van der Waals surface area contributed by atoms with Crippen LogP contribution in [0.15, 0.2) is 60.9 Å². The van der Waals surface area contributed by atoms with Gasteiger partial charge in [0.25, 0.3) is 5.91 Å². The molecule has 4 rings (SSSR count). The SMILES string of the molecule is Cc1cccc(Nc2nccc(-n3cc(C(N)=O)c4ccccc43)n2)c1Cl. The number of nitrogens with two attached hydrogens (primary N) is 1. The van der Waals surface area contributed by atoms with Gasteiger partial charge in [-0.3, -0.25) is 4.79 Å². The van der Waals surface area contributed by atoms with Crippen molar-refractivity contribution in [2.24, 2.45) is 5.73 Å². The minimum absolute atomic E-state index is 0.401. The number of fused-ring (bicyclic) bond motifs is 1. The van der Waals surface area contributed by atoms with Crippen LogP contribution in [0.4, 0.5) is 11.6 Å². The quantitative estimate of drug-likeness (QED) is 0.557. The molecule has 4 aromatic rings. The van der Waals surface area contributed by atoms with E-state index in [9.17, 15) is 4.79 Å². The smallest absolute Gasteiger partial charge is 0.250 e. The minimum atomic E-state index is -0.483. The van der Waals surface area contributed by atoms with Crippen LogP contribution in [0.3, 0.4) is 0 Å². The van der Waals surface area contributed by atoms with E-state index in [2.05, 4.69) is 15.3 Å². The Balaban J connectivity index is 1.78. The number of carbonyl (C=O) groups is 1. The zero-order valence-corrected chi connectivity index (χ0v) is 15.2. The number of halogens is 1. The van der Waals surface area contributed by atoms with Gasteiger partial charge in [-0.25, -0.2) is 4.98 Å². The molecule has 1 amide bonds. The van der Waals surface area contributed by atoms with Crippen LogP contribution in [0.1, 0.15) is 15.9 Å². The Bertz CT molecular complexity index is 1170. The molecule has 2 aromatic carbocycles. The average Bonchev–Trinajstić information content (AvgIpc) is 3.06. The number of aromatic nitrogens is 3. The normalized spacial score (nSPS) is 10.9. The second-order valence-corrected chi connectivity index (χ2v) is 6.47. The molecule has 0 spiro atoms. The molecule has 134 valence electrons. The fraction of sp³-hybridized carbons (Fsp3) is 0.0500. The van der Waals surface area contributed by atoms with Gasteiger partial charge in [0.05, 0.1) is 21.8 Å². The van der Waals surface area contributed by atoms with Crippen molar-refractivity contribution in [2.45, 2.75) is 6.92 Å². The van der Waals surface area contributed by atoms with Crippen LogP contribution in [0, 0.1) is 6.92 Å². The van der Waals surface area contributed by atoms with E-state index in [1.54, 1.807) is 18.5 Å². The van der Waals surface area contributed by atoms with Crippen LogP contribution in [0.25, 0.3) is 16.7 Å². The molecule has 0 aliphatic rings. The summed E-state index contributed by atoms with van der Waals surface area (Å²) in [6.07, 6.45) is 3.34. The maximum Gasteiger partial charge on any atom is 0.250 e. The molecule has 0 fully saturated rings. The van der Waals surface area contributed by atoms with Gasteiger partial charge in [-0.05, 0) is 30.7 Å². The summed E-state index contributed by atoms with van der Waals surface area (Å²) in [6.45, 7) is 1.93. The number of primary amides is 1. The number of anilines is 2. The summed E-state index contributed by atoms with van der Waals surface area (Å²) in [5, 5.41) is 4.54. The molecule has 0 saturated carbocycles. The Kier molecular flexibility index (Phi) is 4.25. The van der Waals surface area contributed by atoms with Crippen molar-refractivity contribution >= 4 is 40.0 Å². The van der Waals surface area contributed by atoms with Crippen LogP contribution in [-0.4, -0.2) is 20.4 Å². The van der Waals surface area contributed by atoms with E-state index in [-0.39, 0.29) is 0 Å². The molecule has 7 heteroatoms. The van der Waals surface area contributed by atoms with Crippen molar-refractivity contribution in [2.75, 3.05) is 5.32 Å². The third-order valence-corrected chi connectivity index (χ3v) is 4.81. The van der Waals surface area contributed by atoms with Gasteiger partial charge in [0.15, 0.2) is 0 Å². The molecule has 0 aliphatic heterocycles. The van der Waals surface area contributed by atoms with E-state index in [0.717, 1.165) is 22.2 Å². The van der Waals surface area contributed by atoms with E-state index < -0.39 is 5.91 Å². The van der Waals surface area contributed by atoms with Gasteiger partial charge >= 0.3 is 0 Å². The lowest BCUT2D eigenvalue weighted by Crippen LogP contribution is -2.10. The van der Waals surface area contributed by atoms with Crippen LogP contribution in [-0.2, 0) is 0 Å². The number of hydrogen-bond acceptors (Lipinski definition) is 4. The predicted octanol–water partition coefficient (Wildman–Crippen LogP) is 4.22. The van der Waals surface area contributed by atoms with E-state index in [1.165, 1.54) is 0 Å². The lowest BCUT2D eigenvalue weighted by molar-refractivity contribution is 0.100. The fourth-order valence-corrected chi connectivity index (χ4v) is 3.15. The maximum absolute atomic E-state index is 11.8. The zero-order chi connectivity index (χ0) is 19.0. The first-order valence-corrected chi connectivity index (χ1v) is 8.68. The minimum Gasteiger partial charge on any atom is -0.366 e. The molecule has 27 heavy (non-hydrogen) atoms. The van der Waals surface area contributed by atoms with Gasteiger partial charge in [0.1, 0.15) is 5.82 Å². The first kappa shape index (κ1) is 17.1. The first-order chi connectivity index (χ1) is 13.0. The molecule has 6 nitrogen and oxygen atoms in total. The highest BCUT2D eigenvalue weighted by atomic mass is 35.5. The second kappa shape index (κ2) is 6.74. The lowest BCUT2D eigenvalue weighted by Gasteiger charge is -2.10. The van der Waals surface area contributed by atoms with E-state index in [4.69, 9.17) is 17.3 Å². The van der Waals surface area contributed by atoms with Crippen molar-refractivity contribution in [3.05, 3.63) is 77.1 Å². The Morgan fingerprint density at radius 1 is 1.15 bits per heavy atom. The number of nitrogens with one attached hydrogen (secondary N) is 1. The van der Waals surface area contributed by atoms with Crippen molar-refractivity contribution in [1.29, 1.82) is 0 Å². The maximum atomic E-state index is 11.8. The molecule has 0 aliphatic carbocycles. The van der Waals surface area contributed by atoms with E-state index >= 15 is 0 Å². The standard InChI is InChI=1S/C20H16ClN5O/c1-12-5-4-7-15(18(12)21)24-20-23-10-9-17(25-20)26-11-14(19(22)27)13-6-2-3-8-16(13)26/h2-11H,1H3,(H2,22,27)(H,23,24,25). The van der Waals surface area contributed by atoms with Crippen LogP contribution in [0.5, 0.6) is 0 Å². The Hall–Kier alpha value is -3.38. The van der Waals surface area contributed by atoms with Crippen molar-refractivity contribution < 1.29 is 4.79 Å². The second-order valence-electron chi connectivity index (χ2n) is 6.09. The third kappa shape index (κ3) is 3.11. The Morgan fingerprint density at radius 3 is 2.78 bits per heavy atom. The van der Waals surface area contributed by atoms with Crippen molar-refractivity contribution in [3.8, 4) is 5.82 Å². The third-order valence-electron chi connectivity index (χ3n) is 4.30. The molecule has 0 radical (unpaired) electrons. The van der Waals surface area contributed by atoms with Gasteiger partial charge in [0.2, 0.25) is 5.95 Å². The molecule has 2 aromatic heterocycles. The summed E-state index contributed by atoms with van der Waals surface area (Å²) in [6, 6.07) is 15.0. The van der Waals surface area contributed by atoms with E-state index in [0.29, 0.717) is 22.4 Å². The van der Waals surface area contributed by atoms with Crippen molar-refractivity contribution in [1.82, 2.24) is 14.5 Å². The van der Waals surface area contributed by atoms with Gasteiger partial charge < -0.3 is 15.6 Å². The van der Waals surface area contributed by atoms with E-state index in [1.807, 2.05) is 54.0 Å². The number of benzene rings is 2. The summed E-state index contributed by atoms with van der Waals surface area (Å²) in [7, 11) is 0. The number of rotatable bonds is 4. The fourth-order valence-electron chi connectivity index (χ4n) is 2.97. The topological polar surface area (TPSA) is 85.8 Å². The van der Waals surface area contributed by atoms with Crippen LogP contribution < -0.4 is 11.1 Å². The molecule has 0 unspecified atom stereocenters. The highest BCUT2D eigenvalue weighted by Gasteiger charge is 2.14. The Labute approximate surface area is 160 Å². The summed E-state index contributed by atoms with van der Waals surface area (Å²) in [5.74, 6) is 0.530. The first-order valence-electron chi connectivity index (χ1n) is 8.30. The molecule has 0 saturated heterocycles. The molecule has 2 heterocycles. The molecule has 0 atom stereocenters. The Morgan fingerprint density at radius 2 is 1.96 bits per heavy atom. The number of hydrogen-bond donors (Lipinski definition) is 2. The summed E-state index contributed by atoms with van der Waals surface area (Å²) in [5.41, 5.74) is 8.49. The van der Waals surface area contributed by atoms with Crippen LogP contribution in [0.2, 0.25) is 5.02 Å². The van der Waals surface area contributed by atoms with Gasteiger partial charge in [0, 0.05) is 17.8 Å². The average molecular weight is 378 g/mol.